The molecule has 2 rings (SSSR count). The number of hydrogen-bond acceptors (Lipinski definition) is 3. The average Bonchev–Trinajstić information content (AvgIpc) is 2.71. The standard InChI is InChI=1S/C15H19NO2S/c1-10-5-4-6-14(11(10)2)16-8-13(7-15(16)18)9-19-12(3)17/h4-6,13H,7-9H2,1-3H3. The fourth-order valence-electron chi connectivity index (χ4n) is 2.39. The van der Waals surface area contributed by atoms with Crippen molar-refractivity contribution in [3.8, 4) is 0 Å². The van der Waals surface area contributed by atoms with Crippen molar-refractivity contribution >= 4 is 28.5 Å². The van der Waals surface area contributed by atoms with Crippen LogP contribution in [0.25, 0.3) is 0 Å². The summed E-state index contributed by atoms with van der Waals surface area (Å²) in [6.07, 6.45) is 0.549. The first-order chi connectivity index (χ1) is 8.99. The van der Waals surface area contributed by atoms with Crippen LogP contribution in [-0.2, 0) is 9.59 Å². The first-order valence-electron chi connectivity index (χ1n) is 6.49. The summed E-state index contributed by atoms with van der Waals surface area (Å²) >= 11 is 1.32. The fraction of sp³-hybridized carbons (Fsp3) is 0.467. The van der Waals surface area contributed by atoms with Crippen LogP contribution in [0.3, 0.4) is 0 Å². The van der Waals surface area contributed by atoms with Gasteiger partial charge in [-0.25, -0.2) is 0 Å². The lowest BCUT2D eigenvalue weighted by Crippen LogP contribution is -2.25. The number of nitrogens with zero attached hydrogens (tertiary/aromatic N) is 1. The van der Waals surface area contributed by atoms with E-state index in [0.717, 1.165) is 23.5 Å². The maximum atomic E-state index is 12.1. The van der Waals surface area contributed by atoms with Crippen LogP contribution in [0.1, 0.15) is 24.5 Å². The van der Waals surface area contributed by atoms with Crippen molar-refractivity contribution < 1.29 is 9.59 Å². The molecule has 0 N–H and O–H groups in total. The molecule has 1 aromatic carbocycles. The molecule has 1 saturated heterocycles. The van der Waals surface area contributed by atoms with Crippen LogP contribution in [0.4, 0.5) is 5.69 Å². The lowest BCUT2D eigenvalue weighted by molar-refractivity contribution is -0.117. The highest BCUT2D eigenvalue weighted by Crippen LogP contribution is 2.30. The third-order valence-corrected chi connectivity index (χ3v) is 4.64. The Kier molecular flexibility index (Phi) is 4.30. The van der Waals surface area contributed by atoms with Crippen molar-refractivity contribution in [1.82, 2.24) is 0 Å². The Bertz CT molecular complexity index is 513. The van der Waals surface area contributed by atoms with Gasteiger partial charge < -0.3 is 4.90 Å². The number of carbonyl (C=O) groups excluding carboxylic acids is 2. The number of benzene rings is 1. The molecule has 0 bridgehead atoms. The summed E-state index contributed by atoms with van der Waals surface area (Å²) < 4.78 is 0. The van der Waals surface area contributed by atoms with Gasteiger partial charge >= 0.3 is 0 Å². The van der Waals surface area contributed by atoms with Crippen molar-refractivity contribution in [2.24, 2.45) is 5.92 Å². The van der Waals surface area contributed by atoms with E-state index in [-0.39, 0.29) is 16.9 Å². The predicted molar refractivity (Wildman–Crippen MR) is 79.5 cm³/mol. The molecule has 1 atom stereocenters. The molecule has 1 unspecified atom stereocenters. The molecule has 1 amide bonds. The van der Waals surface area contributed by atoms with Crippen LogP contribution in [0.15, 0.2) is 18.2 Å². The van der Waals surface area contributed by atoms with E-state index in [0.29, 0.717) is 6.42 Å². The summed E-state index contributed by atoms with van der Waals surface area (Å²) in [5.41, 5.74) is 3.38. The summed E-state index contributed by atoms with van der Waals surface area (Å²) in [6.45, 7) is 6.41. The molecule has 0 radical (unpaired) electrons. The van der Waals surface area contributed by atoms with Crippen LogP contribution >= 0.6 is 11.8 Å². The lowest BCUT2D eigenvalue weighted by atomic mass is 10.1. The van der Waals surface area contributed by atoms with E-state index >= 15 is 0 Å². The van der Waals surface area contributed by atoms with E-state index in [2.05, 4.69) is 19.9 Å². The third-order valence-electron chi connectivity index (χ3n) is 3.59. The minimum absolute atomic E-state index is 0.123. The largest absolute Gasteiger partial charge is 0.312 e. The molecule has 1 aliphatic heterocycles. The monoisotopic (exact) mass is 277 g/mol. The van der Waals surface area contributed by atoms with E-state index in [9.17, 15) is 9.59 Å². The number of amides is 1. The van der Waals surface area contributed by atoms with E-state index < -0.39 is 0 Å². The first kappa shape index (κ1) is 14.1. The molecule has 1 aromatic rings. The maximum absolute atomic E-state index is 12.1. The zero-order chi connectivity index (χ0) is 14.0. The number of aryl methyl sites for hydroxylation is 1. The van der Waals surface area contributed by atoms with Gasteiger partial charge in [0.15, 0.2) is 5.12 Å². The smallest absolute Gasteiger partial charge is 0.227 e. The molecule has 3 nitrogen and oxygen atoms in total. The molecule has 19 heavy (non-hydrogen) atoms. The number of rotatable bonds is 3. The van der Waals surface area contributed by atoms with Crippen molar-refractivity contribution in [1.29, 1.82) is 0 Å². The highest BCUT2D eigenvalue weighted by molar-refractivity contribution is 8.13. The van der Waals surface area contributed by atoms with Gasteiger partial charge in [-0.2, -0.15) is 0 Å². The second-order valence-corrected chi connectivity index (χ2v) is 6.29. The maximum Gasteiger partial charge on any atom is 0.227 e. The molecule has 102 valence electrons. The average molecular weight is 277 g/mol. The van der Waals surface area contributed by atoms with E-state index in [1.165, 1.54) is 17.3 Å². The normalized spacial score (nSPS) is 19.0. The molecular formula is C15H19NO2S. The first-order valence-corrected chi connectivity index (χ1v) is 7.47. The van der Waals surface area contributed by atoms with Gasteiger partial charge in [-0.15, -0.1) is 0 Å². The van der Waals surface area contributed by atoms with Crippen LogP contribution in [0.5, 0.6) is 0 Å². The lowest BCUT2D eigenvalue weighted by Gasteiger charge is -2.20. The highest BCUT2D eigenvalue weighted by atomic mass is 32.2. The van der Waals surface area contributed by atoms with Crippen LogP contribution in [-0.4, -0.2) is 23.3 Å². The predicted octanol–water partition coefficient (Wildman–Crippen LogP) is 2.94. The molecule has 1 heterocycles. The molecule has 0 spiro atoms. The van der Waals surface area contributed by atoms with Crippen molar-refractivity contribution in [2.45, 2.75) is 27.2 Å². The van der Waals surface area contributed by atoms with E-state index in [1.807, 2.05) is 17.0 Å². The highest BCUT2D eigenvalue weighted by Gasteiger charge is 2.31. The molecule has 1 aliphatic rings. The van der Waals surface area contributed by atoms with E-state index in [1.54, 1.807) is 6.92 Å². The van der Waals surface area contributed by atoms with Gasteiger partial charge in [0.25, 0.3) is 0 Å². The molecule has 0 aromatic heterocycles. The van der Waals surface area contributed by atoms with Gasteiger partial charge in [-0.05, 0) is 37.0 Å². The van der Waals surface area contributed by atoms with Crippen molar-refractivity contribution in [3.05, 3.63) is 29.3 Å². The topological polar surface area (TPSA) is 37.4 Å². The second kappa shape index (κ2) is 5.78. The molecule has 1 fully saturated rings. The van der Waals surface area contributed by atoms with E-state index in [4.69, 9.17) is 0 Å². The van der Waals surface area contributed by atoms with Gasteiger partial charge in [0, 0.05) is 31.3 Å². The van der Waals surface area contributed by atoms with Gasteiger partial charge in [0.1, 0.15) is 0 Å². The summed E-state index contributed by atoms with van der Waals surface area (Å²) in [4.78, 5) is 25.0. The zero-order valence-electron chi connectivity index (χ0n) is 11.6. The minimum atomic E-state index is 0.123. The molecule has 0 aliphatic carbocycles. The SMILES string of the molecule is CC(=O)SCC1CC(=O)N(c2cccc(C)c2C)C1. The van der Waals surface area contributed by atoms with Gasteiger partial charge in [0.2, 0.25) is 5.91 Å². The van der Waals surface area contributed by atoms with Crippen LogP contribution in [0.2, 0.25) is 0 Å². The third kappa shape index (κ3) is 3.18. The fourth-order valence-corrected chi connectivity index (χ4v) is 3.08. The molecule has 4 heteroatoms. The summed E-state index contributed by atoms with van der Waals surface area (Å²) in [5, 5.41) is 0.123. The number of hydrogen-bond donors (Lipinski definition) is 0. The van der Waals surface area contributed by atoms with Crippen LogP contribution < -0.4 is 4.90 Å². The Labute approximate surface area is 118 Å². The minimum Gasteiger partial charge on any atom is -0.312 e. The number of carbonyl (C=O) groups is 2. The summed E-state index contributed by atoms with van der Waals surface area (Å²) in [5.74, 6) is 1.19. The van der Waals surface area contributed by atoms with Gasteiger partial charge in [-0.1, -0.05) is 23.9 Å². The Morgan fingerprint density at radius 3 is 2.84 bits per heavy atom. The number of anilines is 1. The summed E-state index contributed by atoms with van der Waals surface area (Å²) in [7, 11) is 0. The Morgan fingerprint density at radius 1 is 1.42 bits per heavy atom. The van der Waals surface area contributed by atoms with Gasteiger partial charge in [0.05, 0.1) is 0 Å². The second-order valence-electron chi connectivity index (χ2n) is 5.10. The number of thioether (sulfide) groups is 1. The quantitative estimate of drug-likeness (QED) is 0.852. The Morgan fingerprint density at radius 2 is 2.16 bits per heavy atom. The van der Waals surface area contributed by atoms with Crippen LogP contribution in [0, 0.1) is 19.8 Å². The molecular weight excluding hydrogens is 258 g/mol. The zero-order valence-corrected chi connectivity index (χ0v) is 12.4. The molecule has 0 saturated carbocycles. The van der Waals surface area contributed by atoms with Crippen molar-refractivity contribution in [2.75, 3.05) is 17.2 Å². The summed E-state index contributed by atoms with van der Waals surface area (Å²) in [6, 6.07) is 6.05. The van der Waals surface area contributed by atoms with Gasteiger partial charge in [-0.3, -0.25) is 9.59 Å². The Hall–Kier alpha value is -1.29. The van der Waals surface area contributed by atoms with Crippen molar-refractivity contribution in [3.63, 3.8) is 0 Å². The Balaban J connectivity index is 2.11.